The van der Waals surface area contributed by atoms with Gasteiger partial charge in [-0.2, -0.15) is 0 Å². The van der Waals surface area contributed by atoms with Crippen LogP contribution in [0.25, 0.3) is 0 Å². The minimum atomic E-state index is 0.518. The van der Waals surface area contributed by atoms with Crippen molar-refractivity contribution in [2.45, 2.75) is 39.3 Å². The van der Waals surface area contributed by atoms with E-state index in [0.717, 1.165) is 6.54 Å². The first-order valence-electron chi connectivity index (χ1n) is 4.25. The monoisotopic (exact) mass is 144 g/mol. The van der Waals surface area contributed by atoms with Gasteiger partial charge in [-0.15, -0.1) is 0 Å². The summed E-state index contributed by atoms with van der Waals surface area (Å²) in [4.78, 5) is 0. The lowest BCUT2D eigenvalue weighted by Gasteiger charge is -2.15. The Bertz CT molecular complexity index is 64.3. The molecule has 0 fully saturated rings. The third kappa shape index (κ3) is 4.77. The van der Waals surface area contributed by atoms with Crippen LogP contribution in [0.15, 0.2) is 0 Å². The molecule has 0 aromatic rings. The van der Waals surface area contributed by atoms with E-state index >= 15 is 0 Å². The second-order valence-electron chi connectivity index (χ2n) is 2.58. The average Bonchev–Trinajstić information content (AvgIpc) is 1.98. The summed E-state index contributed by atoms with van der Waals surface area (Å²) in [5.41, 5.74) is 0. The maximum absolute atomic E-state index is 3.41. The van der Waals surface area contributed by atoms with Gasteiger partial charge < -0.3 is 10.6 Å². The minimum absolute atomic E-state index is 0.518. The highest BCUT2D eigenvalue weighted by atomic mass is 15.1. The molecule has 0 bridgehead atoms. The third-order valence-corrected chi connectivity index (χ3v) is 1.57. The zero-order chi connectivity index (χ0) is 7.82. The van der Waals surface area contributed by atoms with Crippen molar-refractivity contribution in [1.29, 1.82) is 0 Å². The molecule has 0 aromatic carbocycles. The molecule has 0 aliphatic carbocycles. The minimum Gasteiger partial charge on any atom is -0.305 e. The zero-order valence-electron chi connectivity index (χ0n) is 7.41. The van der Waals surface area contributed by atoms with E-state index in [1.54, 1.807) is 0 Å². The standard InChI is InChI=1S/C8H20N2/c1-4-6-8(9-3)10-7-5-2/h8-10H,4-7H2,1-3H3. The smallest absolute Gasteiger partial charge is 0.0569 e. The third-order valence-electron chi connectivity index (χ3n) is 1.57. The van der Waals surface area contributed by atoms with Crippen LogP contribution in [0, 0.1) is 0 Å². The first kappa shape index (κ1) is 9.92. The summed E-state index contributed by atoms with van der Waals surface area (Å²) >= 11 is 0. The zero-order valence-corrected chi connectivity index (χ0v) is 7.41. The normalized spacial score (nSPS) is 13.5. The SMILES string of the molecule is CCCNC(CCC)NC. The summed E-state index contributed by atoms with van der Waals surface area (Å²) in [6.45, 7) is 5.51. The van der Waals surface area contributed by atoms with Gasteiger partial charge in [-0.3, -0.25) is 0 Å². The number of nitrogens with one attached hydrogen (secondary N) is 2. The first-order chi connectivity index (χ1) is 4.85. The van der Waals surface area contributed by atoms with Crippen LogP contribution in [0.4, 0.5) is 0 Å². The van der Waals surface area contributed by atoms with E-state index in [1.165, 1.54) is 19.3 Å². The van der Waals surface area contributed by atoms with Gasteiger partial charge in [-0.1, -0.05) is 20.3 Å². The summed E-state index contributed by atoms with van der Waals surface area (Å²) in [6.07, 6.45) is 4.19. The quantitative estimate of drug-likeness (QED) is 0.550. The van der Waals surface area contributed by atoms with Gasteiger partial charge in [-0.25, -0.2) is 0 Å². The van der Waals surface area contributed by atoms with E-state index in [9.17, 15) is 0 Å². The second-order valence-corrected chi connectivity index (χ2v) is 2.58. The number of hydrogen-bond donors (Lipinski definition) is 2. The second kappa shape index (κ2) is 7.03. The van der Waals surface area contributed by atoms with Gasteiger partial charge in [0.2, 0.25) is 0 Å². The largest absolute Gasteiger partial charge is 0.305 e. The molecule has 62 valence electrons. The molecule has 0 saturated heterocycles. The predicted octanol–water partition coefficient (Wildman–Crippen LogP) is 1.33. The lowest BCUT2D eigenvalue weighted by Crippen LogP contribution is -2.40. The summed E-state index contributed by atoms with van der Waals surface area (Å²) < 4.78 is 0. The van der Waals surface area contributed by atoms with Gasteiger partial charge in [-0.05, 0) is 26.4 Å². The highest BCUT2D eigenvalue weighted by Gasteiger charge is 1.99. The Hall–Kier alpha value is -0.0800. The molecule has 1 atom stereocenters. The highest BCUT2D eigenvalue weighted by molar-refractivity contribution is 4.59. The molecule has 2 N–H and O–H groups in total. The van der Waals surface area contributed by atoms with Crippen molar-refractivity contribution in [2.75, 3.05) is 13.6 Å². The topological polar surface area (TPSA) is 24.1 Å². The van der Waals surface area contributed by atoms with Crippen LogP contribution < -0.4 is 10.6 Å². The molecule has 0 saturated carbocycles. The Balaban J connectivity index is 3.21. The van der Waals surface area contributed by atoms with Crippen molar-refractivity contribution < 1.29 is 0 Å². The molecule has 0 rings (SSSR count). The summed E-state index contributed by atoms with van der Waals surface area (Å²) in [5.74, 6) is 0. The van der Waals surface area contributed by atoms with Gasteiger partial charge in [0.1, 0.15) is 0 Å². The van der Waals surface area contributed by atoms with Crippen molar-refractivity contribution in [3.8, 4) is 0 Å². The summed E-state index contributed by atoms with van der Waals surface area (Å²) in [6, 6.07) is 0. The molecule has 0 radical (unpaired) electrons. The van der Waals surface area contributed by atoms with Crippen LogP contribution in [0.1, 0.15) is 33.1 Å². The fourth-order valence-corrected chi connectivity index (χ4v) is 0.956. The van der Waals surface area contributed by atoms with Crippen molar-refractivity contribution >= 4 is 0 Å². The molecule has 2 nitrogen and oxygen atoms in total. The van der Waals surface area contributed by atoms with E-state index in [-0.39, 0.29) is 0 Å². The Kier molecular flexibility index (Phi) is 6.98. The van der Waals surface area contributed by atoms with E-state index in [1.807, 2.05) is 7.05 Å². The van der Waals surface area contributed by atoms with Gasteiger partial charge in [0, 0.05) is 0 Å². The Labute approximate surface area is 64.4 Å². The fraction of sp³-hybridized carbons (Fsp3) is 1.00. The Morgan fingerprint density at radius 2 is 1.90 bits per heavy atom. The lowest BCUT2D eigenvalue weighted by molar-refractivity contribution is 0.425. The molecular formula is C8H20N2. The summed E-state index contributed by atoms with van der Waals surface area (Å²) in [5, 5.41) is 6.64. The Morgan fingerprint density at radius 3 is 2.30 bits per heavy atom. The average molecular weight is 144 g/mol. The van der Waals surface area contributed by atoms with Gasteiger partial charge >= 0.3 is 0 Å². The van der Waals surface area contributed by atoms with Crippen LogP contribution in [-0.4, -0.2) is 19.8 Å². The van der Waals surface area contributed by atoms with Crippen LogP contribution in [0.5, 0.6) is 0 Å². The predicted molar refractivity (Wildman–Crippen MR) is 46.0 cm³/mol. The molecule has 0 heterocycles. The van der Waals surface area contributed by atoms with Crippen LogP contribution in [-0.2, 0) is 0 Å². The molecule has 0 aliphatic rings. The number of hydrogen-bond acceptors (Lipinski definition) is 2. The molecule has 0 amide bonds. The van der Waals surface area contributed by atoms with Gasteiger partial charge in [0.25, 0.3) is 0 Å². The fourth-order valence-electron chi connectivity index (χ4n) is 0.956. The van der Waals surface area contributed by atoms with E-state index in [2.05, 4.69) is 24.5 Å². The van der Waals surface area contributed by atoms with Crippen LogP contribution >= 0.6 is 0 Å². The molecule has 1 unspecified atom stereocenters. The van der Waals surface area contributed by atoms with Crippen molar-refractivity contribution in [1.82, 2.24) is 10.6 Å². The van der Waals surface area contributed by atoms with E-state index in [4.69, 9.17) is 0 Å². The van der Waals surface area contributed by atoms with Crippen molar-refractivity contribution in [3.63, 3.8) is 0 Å². The van der Waals surface area contributed by atoms with Crippen molar-refractivity contribution in [3.05, 3.63) is 0 Å². The molecule has 2 heteroatoms. The highest BCUT2D eigenvalue weighted by Crippen LogP contribution is 1.91. The Morgan fingerprint density at radius 1 is 1.20 bits per heavy atom. The van der Waals surface area contributed by atoms with Gasteiger partial charge in [0.15, 0.2) is 0 Å². The molecule has 0 aromatic heterocycles. The van der Waals surface area contributed by atoms with Crippen LogP contribution in [0.3, 0.4) is 0 Å². The maximum Gasteiger partial charge on any atom is 0.0569 e. The molecule has 0 spiro atoms. The van der Waals surface area contributed by atoms with E-state index in [0.29, 0.717) is 6.17 Å². The molecule has 0 aliphatic heterocycles. The van der Waals surface area contributed by atoms with Crippen LogP contribution in [0.2, 0.25) is 0 Å². The summed E-state index contributed by atoms with van der Waals surface area (Å²) in [7, 11) is 2.00. The first-order valence-corrected chi connectivity index (χ1v) is 4.25. The molecule has 10 heavy (non-hydrogen) atoms. The van der Waals surface area contributed by atoms with E-state index < -0.39 is 0 Å². The van der Waals surface area contributed by atoms with Crippen molar-refractivity contribution in [2.24, 2.45) is 0 Å². The van der Waals surface area contributed by atoms with Gasteiger partial charge in [0.05, 0.1) is 6.17 Å². The molecular weight excluding hydrogens is 124 g/mol. The lowest BCUT2D eigenvalue weighted by atomic mass is 10.2. The maximum atomic E-state index is 3.41. The number of rotatable bonds is 6.